The van der Waals surface area contributed by atoms with Gasteiger partial charge < -0.3 is 4.74 Å². The predicted molar refractivity (Wildman–Crippen MR) is 54.1 cm³/mol. The zero-order valence-corrected chi connectivity index (χ0v) is 8.63. The summed E-state index contributed by atoms with van der Waals surface area (Å²) in [4.78, 5) is 10.8. The highest BCUT2D eigenvalue weighted by Crippen LogP contribution is 2.02. The van der Waals surface area contributed by atoms with Crippen molar-refractivity contribution in [1.82, 2.24) is 0 Å². The Morgan fingerprint density at radius 1 is 1.15 bits per heavy atom. The van der Waals surface area contributed by atoms with Gasteiger partial charge in [-0.2, -0.15) is 0 Å². The molecule has 0 fully saturated rings. The van der Waals surface area contributed by atoms with Crippen molar-refractivity contribution in [2.75, 3.05) is 14.2 Å². The number of aryl methyl sites for hydroxylation is 1. The number of rotatable bonds is 1. The van der Waals surface area contributed by atoms with Crippen molar-refractivity contribution in [1.29, 1.82) is 0 Å². The minimum Gasteiger partial charge on any atom is -0.388 e. The second-order valence-corrected chi connectivity index (χ2v) is 2.83. The van der Waals surface area contributed by atoms with Crippen LogP contribution in [0.25, 0.3) is 0 Å². The molecule has 1 rings (SSSR count). The summed E-state index contributed by atoms with van der Waals surface area (Å²) in [5, 5.41) is 0. The molecule has 1 aromatic carbocycles. The van der Waals surface area contributed by atoms with E-state index in [1.54, 1.807) is 21.1 Å². The van der Waals surface area contributed by atoms with Gasteiger partial charge in [0.2, 0.25) is 0 Å². The molecule has 0 bridgehead atoms. The lowest BCUT2D eigenvalue weighted by atomic mass is 10.1. The van der Waals surface area contributed by atoms with Crippen LogP contribution in [0.4, 0.5) is 0 Å². The maximum absolute atomic E-state index is 10.8. The van der Waals surface area contributed by atoms with Crippen molar-refractivity contribution < 1.29 is 9.53 Å². The molecule has 0 aromatic heterocycles. The first-order valence-electron chi connectivity index (χ1n) is 4.09. The number of ether oxygens (including phenoxy) is 1. The first-order chi connectivity index (χ1) is 6.11. The maximum atomic E-state index is 10.8. The molecule has 13 heavy (non-hydrogen) atoms. The minimum absolute atomic E-state index is 0.125. The number of Topliss-reactive ketones (excluding diaryl/α,β-unsaturated/α-hetero) is 1. The van der Waals surface area contributed by atoms with Gasteiger partial charge in [0.25, 0.3) is 0 Å². The van der Waals surface area contributed by atoms with Crippen molar-refractivity contribution in [3.63, 3.8) is 0 Å². The zero-order chi connectivity index (χ0) is 10.3. The van der Waals surface area contributed by atoms with Gasteiger partial charge in [-0.3, -0.25) is 4.79 Å². The quantitative estimate of drug-likeness (QED) is 0.620. The third-order valence-electron chi connectivity index (χ3n) is 1.46. The van der Waals surface area contributed by atoms with Crippen molar-refractivity contribution in [2.45, 2.75) is 13.8 Å². The Morgan fingerprint density at radius 3 is 1.85 bits per heavy atom. The van der Waals surface area contributed by atoms with Crippen molar-refractivity contribution >= 4 is 5.78 Å². The maximum Gasteiger partial charge on any atom is 0.159 e. The van der Waals surface area contributed by atoms with Gasteiger partial charge in [0.1, 0.15) is 0 Å². The van der Waals surface area contributed by atoms with Gasteiger partial charge in [-0.15, -0.1) is 0 Å². The summed E-state index contributed by atoms with van der Waals surface area (Å²) in [5.74, 6) is 0.125. The van der Waals surface area contributed by atoms with Crippen LogP contribution < -0.4 is 0 Å². The van der Waals surface area contributed by atoms with E-state index in [4.69, 9.17) is 0 Å². The van der Waals surface area contributed by atoms with E-state index in [9.17, 15) is 4.79 Å². The van der Waals surface area contributed by atoms with E-state index in [1.165, 1.54) is 5.56 Å². The number of methoxy groups -OCH3 is 1. The Morgan fingerprint density at radius 2 is 1.54 bits per heavy atom. The fraction of sp³-hybridized carbons (Fsp3) is 0.364. The molecule has 2 nitrogen and oxygen atoms in total. The van der Waals surface area contributed by atoms with Gasteiger partial charge in [0, 0.05) is 19.8 Å². The van der Waals surface area contributed by atoms with Crippen LogP contribution in [0.1, 0.15) is 22.8 Å². The van der Waals surface area contributed by atoms with Crippen LogP contribution >= 0.6 is 0 Å². The normalized spacial score (nSPS) is 8.62. The van der Waals surface area contributed by atoms with E-state index in [1.807, 2.05) is 31.2 Å². The van der Waals surface area contributed by atoms with Gasteiger partial charge in [0.15, 0.2) is 5.78 Å². The monoisotopic (exact) mass is 180 g/mol. The Hall–Kier alpha value is -1.15. The third kappa shape index (κ3) is 5.15. The van der Waals surface area contributed by atoms with Gasteiger partial charge in [0.05, 0.1) is 0 Å². The molecular formula is C11H16O2. The standard InChI is InChI=1S/C9H10O.C2H6O/c1-7-3-5-9(6-4-7)8(2)10;1-3-2/h3-6H,1-2H3;1-2H3. The number of benzene rings is 1. The highest BCUT2D eigenvalue weighted by Gasteiger charge is 1.95. The first-order valence-corrected chi connectivity index (χ1v) is 4.09. The number of carbonyl (C=O) groups excluding carboxylic acids is 1. The Balaban J connectivity index is 0.000000424. The molecule has 0 spiro atoms. The highest BCUT2D eigenvalue weighted by molar-refractivity contribution is 5.93. The molecule has 0 aliphatic carbocycles. The fourth-order valence-corrected chi connectivity index (χ4v) is 0.788. The minimum atomic E-state index is 0.125. The lowest BCUT2D eigenvalue weighted by Crippen LogP contribution is -1.90. The molecule has 1 aromatic rings. The van der Waals surface area contributed by atoms with Crippen LogP contribution in [0, 0.1) is 6.92 Å². The molecule has 0 aliphatic rings. The van der Waals surface area contributed by atoms with Crippen LogP contribution in [0.2, 0.25) is 0 Å². The van der Waals surface area contributed by atoms with Crippen LogP contribution in [-0.4, -0.2) is 20.0 Å². The topological polar surface area (TPSA) is 26.3 Å². The van der Waals surface area contributed by atoms with Gasteiger partial charge >= 0.3 is 0 Å². The number of carbonyl (C=O) groups is 1. The SMILES string of the molecule is CC(=O)c1ccc(C)cc1.COC. The summed E-state index contributed by atoms with van der Waals surface area (Å²) in [6, 6.07) is 7.57. The molecule has 0 N–H and O–H groups in total. The van der Waals surface area contributed by atoms with Crippen molar-refractivity contribution in [2.24, 2.45) is 0 Å². The Labute approximate surface area is 79.5 Å². The summed E-state index contributed by atoms with van der Waals surface area (Å²) in [7, 11) is 3.25. The predicted octanol–water partition coefficient (Wildman–Crippen LogP) is 2.46. The second-order valence-electron chi connectivity index (χ2n) is 2.83. The lowest BCUT2D eigenvalue weighted by Gasteiger charge is -1.93. The fourth-order valence-electron chi connectivity index (χ4n) is 0.788. The Bertz CT molecular complexity index is 249. The van der Waals surface area contributed by atoms with Crippen LogP contribution in [0.5, 0.6) is 0 Å². The van der Waals surface area contributed by atoms with E-state index >= 15 is 0 Å². The van der Waals surface area contributed by atoms with E-state index in [0.717, 1.165) is 5.56 Å². The van der Waals surface area contributed by atoms with Gasteiger partial charge in [-0.1, -0.05) is 29.8 Å². The van der Waals surface area contributed by atoms with E-state index in [-0.39, 0.29) is 5.78 Å². The van der Waals surface area contributed by atoms with Crippen molar-refractivity contribution in [3.8, 4) is 0 Å². The van der Waals surface area contributed by atoms with E-state index < -0.39 is 0 Å². The molecule has 0 atom stereocenters. The number of ketones is 1. The molecular weight excluding hydrogens is 164 g/mol. The molecule has 0 saturated carbocycles. The lowest BCUT2D eigenvalue weighted by molar-refractivity contribution is 0.101. The summed E-state index contributed by atoms with van der Waals surface area (Å²) in [6.45, 7) is 3.58. The highest BCUT2D eigenvalue weighted by atomic mass is 16.4. The number of hydrogen-bond acceptors (Lipinski definition) is 2. The largest absolute Gasteiger partial charge is 0.388 e. The third-order valence-corrected chi connectivity index (χ3v) is 1.46. The van der Waals surface area contributed by atoms with Crippen LogP contribution in [-0.2, 0) is 4.74 Å². The molecule has 0 heterocycles. The summed E-state index contributed by atoms with van der Waals surface area (Å²) in [5.41, 5.74) is 1.97. The molecule has 72 valence electrons. The average molecular weight is 180 g/mol. The smallest absolute Gasteiger partial charge is 0.159 e. The van der Waals surface area contributed by atoms with E-state index in [0.29, 0.717) is 0 Å². The summed E-state index contributed by atoms with van der Waals surface area (Å²) in [6.07, 6.45) is 0. The molecule has 0 saturated heterocycles. The average Bonchev–Trinajstić information content (AvgIpc) is 2.06. The molecule has 2 heteroatoms. The zero-order valence-electron chi connectivity index (χ0n) is 8.63. The van der Waals surface area contributed by atoms with Crippen molar-refractivity contribution in [3.05, 3.63) is 35.4 Å². The Kier molecular flexibility index (Phi) is 5.81. The molecule has 0 aliphatic heterocycles. The van der Waals surface area contributed by atoms with Gasteiger partial charge in [-0.25, -0.2) is 0 Å². The number of hydrogen-bond donors (Lipinski definition) is 0. The molecule has 0 unspecified atom stereocenters. The van der Waals surface area contributed by atoms with Crippen LogP contribution in [0.15, 0.2) is 24.3 Å². The molecule has 0 amide bonds. The second kappa shape index (κ2) is 6.38. The van der Waals surface area contributed by atoms with Gasteiger partial charge in [-0.05, 0) is 13.8 Å². The van der Waals surface area contributed by atoms with E-state index in [2.05, 4.69) is 4.74 Å². The molecule has 0 radical (unpaired) electrons. The van der Waals surface area contributed by atoms with Crippen LogP contribution in [0.3, 0.4) is 0 Å². The summed E-state index contributed by atoms with van der Waals surface area (Å²) >= 11 is 0. The summed E-state index contributed by atoms with van der Waals surface area (Å²) < 4.78 is 4.25. The first kappa shape index (κ1) is 11.8.